The molecule has 1 fully saturated rings. The number of ether oxygens (including phenoxy) is 1. The van der Waals surface area contributed by atoms with Gasteiger partial charge in [-0.15, -0.1) is 0 Å². The fourth-order valence-electron chi connectivity index (χ4n) is 2.06. The van der Waals surface area contributed by atoms with Crippen molar-refractivity contribution >= 4 is 0 Å². The fourth-order valence-corrected chi connectivity index (χ4v) is 2.06. The van der Waals surface area contributed by atoms with Crippen molar-refractivity contribution in [2.24, 2.45) is 5.41 Å². The molecule has 1 saturated heterocycles. The molecule has 0 bridgehead atoms. The SMILES string of the molecule is CN(C)CC(C)(C)CNC1COCC1O. The van der Waals surface area contributed by atoms with Crippen LogP contribution in [0.1, 0.15) is 13.8 Å². The third-order valence-electron chi connectivity index (χ3n) is 2.64. The summed E-state index contributed by atoms with van der Waals surface area (Å²) in [6.45, 7) is 7.47. The van der Waals surface area contributed by atoms with Crippen LogP contribution in [0, 0.1) is 5.41 Å². The molecule has 1 rings (SSSR count). The van der Waals surface area contributed by atoms with E-state index in [0.717, 1.165) is 13.1 Å². The number of rotatable bonds is 5. The molecule has 1 aliphatic rings. The smallest absolute Gasteiger partial charge is 0.0948 e. The molecule has 15 heavy (non-hydrogen) atoms. The van der Waals surface area contributed by atoms with Gasteiger partial charge in [-0.25, -0.2) is 0 Å². The lowest BCUT2D eigenvalue weighted by Crippen LogP contribution is -2.46. The van der Waals surface area contributed by atoms with E-state index in [1.807, 2.05) is 0 Å². The van der Waals surface area contributed by atoms with E-state index in [9.17, 15) is 5.11 Å². The molecule has 0 aromatic carbocycles. The third kappa shape index (κ3) is 4.47. The Labute approximate surface area is 92.6 Å². The van der Waals surface area contributed by atoms with E-state index in [-0.39, 0.29) is 17.6 Å². The lowest BCUT2D eigenvalue weighted by molar-refractivity contribution is 0.120. The Bertz CT molecular complexity index is 195. The van der Waals surface area contributed by atoms with Crippen LogP contribution >= 0.6 is 0 Å². The summed E-state index contributed by atoms with van der Waals surface area (Å²) in [7, 11) is 4.16. The first kappa shape index (κ1) is 12.9. The van der Waals surface area contributed by atoms with Gasteiger partial charge in [-0.3, -0.25) is 0 Å². The molecule has 1 aliphatic heterocycles. The Balaban J connectivity index is 2.28. The van der Waals surface area contributed by atoms with Gasteiger partial charge in [0.2, 0.25) is 0 Å². The maximum absolute atomic E-state index is 9.57. The van der Waals surface area contributed by atoms with Gasteiger partial charge in [0.05, 0.1) is 25.4 Å². The molecule has 0 aromatic rings. The zero-order valence-electron chi connectivity index (χ0n) is 10.3. The van der Waals surface area contributed by atoms with E-state index >= 15 is 0 Å². The lowest BCUT2D eigenvalue weighted by Gasteiger charge is -2.30. The van der Waals surface area contributed by atoms with Crippen LogP contribution in [0.4, 0.5) is 0 Å². The van der Waals surface area contributed by atoms with Gasteiger partial charge in [-0.05, 0) is 19.5 Å². The van der Waals surface area contributed by atoms with Gasteiger partial charge in [-0.1, -0.05) is 13.8 Å². The largest absolute Gasteiger partial charge is 0.389 e. The Hall–Kier alpha value is -0.160. The van der Waals surface area contributed by atoms with Crippen molar-refractivity contribution in [3.8, 4) is 0 Å². The van der Waals surface area contributed by atoms with Crippen molar-refractivity contribution in [3.05, 3.63) is 0 Å². The summed E-state index contributed by atoms with van der Waals surface area (Å²) in [5.41, 5.74) is 0.214. The predicted molar refractivity (Wildman–Crippen MR) is 61.0 cm³/mol. The van der Waals surface area contributed by atoms with E-state index in [4.69, 9.17) is 4.74 Å². The highest BCUT2D eigenvalue weighted by atomic mass is 16.5. The zero-order chi connectivity index (χ0) is 11.5. The maximum atomic E-state index is 9.57. The molecule has 0 spiro atoms. The van der Waals surface area contributed by atoms with Gasteiger partial charge in [0.25, 0.3) is 0 Å². The highest BCUT2D eigenvalue weighted by molar-refractivity contribution is 4.84. The molecule has 0 aliphatic carbocycles. The Morgan fingerprint density at radius 1 is 1.40 bits per heavy atom. The molecule has 2 unspecified atom stereocenters. The van der Waals surface area contributed by atoms with Crippen LogP contribution < -0.4 is 5.32 Å². The second-order valence-corrected chi connectivity index (χ2v) is 5.49. The normalized spacial score (nSPS) is 27.6. The summed E-state index contributed by atoms with van der Waals surface area (Å²) in [6, 6.07) is 0.103. The molecular weight excluding hydrogens is 192 g/mol. The number of aliphatic hydroxyl groups is 1. The van der Waals surface area contributed by atoms with Crippen molar-refractivity contribution in [1.29, 1.82) is 0 Å². The molecule has 0 aromatic heterocycles. The van der Waals surface area contributed by atoms with E-state index < -0.39 is 0 Å². The van der Waals surface area contributed by atoms with Gasteiger partial charge in [0.15, 0.2) is 0 Å². The average Bonchev–Trinajstić information content (AvgIpc) is 2.45. The molecule has 2 N–H and O–H groups in total. The van der Waals surface area contributed by atoms with Gasteiger partial charge in [0, 0.05) is 13.1 Å². The van der Waals surface area contributed by atoms with Crippen LogP contribution in [0.15, 0.2) is 0 Å². The van der Waals surface area contributed by atoms with Gasteiger partial charge >= 0.3 is 0 Å². The van der Waals surface area contributed by atoms with Crippen LogP contribution in [0.25, 0.3) is 0 Å². The van der Waals surface area contributed by atoms with Crippen molar-refractivity contribution in [2.75, 3.05) is 40.4 Å². The summed E-state index contributed by atoms with van der Waals surface area (Å²) in [5.74, 6) is 0. The summed E-state index contributed by atoms with van der Waals surface area (Å²) in [6.07, 6.45) is -0.347. The van der Waals surface area contributed by atoms with Crippen molar-refractivity contribution < 1.29 is 9.84 Å². The topological polar surface area (TPSA) is 44.7 Å². The van der Waals surface area contributed by atoms with E-state index in [0.29, 0.717) is 13.2 Å². The summed E-state index contributed by atoms with van der Waals surface area (Å²) in [5, 5.41) is 12.9. The minimum Gasteiger partial charge on any atom is -0.389 e. The third-order valence-corrected chi connectivity index (χ3v) is 2.64. The molecule has 4 heteroatoms. The quantitative estimate of drug-likeness (QED) is 0.675. The number of hydrogen-bond donors (Lipinski definition) is 2. The number of nitrogens with zero attached hydrogens (tertiary/aromatic N) is 1. The van der Waals surface area contributed by atoms with Crippen molar-refractivity contribution in [1.82, 2.24) is 10.2 Å². The number of hydrogen-bond acceptors (Lipinski definition) is 4. The average molecular weight is 216 g/mol. The predicted octanol–water partition coefficient (Wildman–Crippen LogP) is -0.0765. The van der Waals surface area contributed by atoms with Gasteiger partial charge in [-0.2, -0.15) is 0 Å². The summed E-state index contributed by atoms with van der Waals surface area (Å²) in [4.78, 5) is 2.18. The molecule has 0 amide bonds. The zero-order valence-corrected chi connectivity index (χ0v) is 10.3. The van der Waals surface area contributed by atoms with Crippen LogP contribution in [0.2, 0.25) is 0 Å². The van der Waals surface area contributed by atoms with Gasteiger partial charge in [0.1, 0.15) is 0 Å². The first-order chi connectivity index (χ1) is 6.91. The molecule has 90 valence electrons. The number of nitrogens with one attached hydrogen (secondary N) is 1. The minimum atomic E-state index is -0.347. The highest BCUT2D eigenvalue weighted by Crippen LogP contribution is 2.15. The summed E-state index contributed by atoms with van der Waals surface area (Å²) >= 11 is 0. The molecule has 0 saturated carbocycles. The Morgan fingerprint density at radius 3 is 2.53 bits per heavy atom. The second-order valence-electron chi connectivity index (χ2n) is 5.49. The van der Waals surface area contributed by atoms with E-state index in [1.165, 1.54) is 0 Å². The highest BCUT2D eigenvalue weighted by Gasteiger charge is 2.28. The Kier molecular flexibility index (Phi) is 4.52. The molecule has 1 heterocycles. The molecule has 0 radical (unpaired) electrons. The first-order valence-corrected chi connectivity index (χ1v) is 5.55. The lowest BCUT2D eigenvalue weighted by atomic mass is 9.92. The van der Waals surface area contributed by atoms with Crippen LogP contribution in [0.5, 0.6) is 0 Å². The fraction of sp³-hybridized carbons (Fsp3) is 1.00. The standard InChI is InChI=1S/C11H24N2O2/c1-11(2,8-13(3)4)7-12-9-5-15-6-10(9)14/h9-10,12,14H,5-8H2,1-4H3. The molecule has 4 nitrogen and oxygen atoms in total. The van der Waals surface area contributed by atoms with Crippen LogP contribution in [-0.4, -0.2) is 62.6 Å². The minimum absolute atomic E-state index is 0.103. The van der Waals surface area contributed by atoms with Crippen molar-refractivity contribution in [3.63, 3.8) is 0 Å². The molecular formula is C11H24N2O2. The first-order valence-electron chi connectivity index (χ1n) is 5.55. The summed E-state index contributed by atoms with van der Waals surface area (Å²) < 4.78 is 5.19. The van der Waals surface area contributed by atoms with Crippen molar-refractivity contribution in [2.45, 2.75) is 26.0 Å². The van der Waals surface area contributed by atoms with Gasteiger partial charge < -0.3 is 20.1 Å². The monoisotopic (exact) mass is 216 g/mol. The maximum Gasteiger partial charge on any atom is 0.0948 e. The number of aliphatic hydroxyl groups excluding tert-OH is 1. The van der Waals surface area contributed by atoms with E-state index in [2.05, 4.69) is 38.2 Å². The van der Waals surface area contributed by atoms with Crippen LogP contribution in [0.3, 0.4) is 0 Å². The second kappa shape index (κ2) is 5.25. The van der Waals surface area contributed by atoms with E-state index in [1.54, 1.807) is 0 Å². The molecule has 2 atom stereocenters. The van der Waals surface area contributed by atoms with Crippen LogP contribution in [-0.2, 0) is 4.74 Å². The Morgan fingerprint density at radius 2 is 2.07 bits per heavy atom.